The van der Waals surface area contributed by atoms with Gasteiger partial charge >= 0.3 is 12.4 Å². The van der Waals surface area contributed by atoms with Crippen molar-refractivity contribution in [2.75, 3.05) is 0 Å². The lowest BCUT2D eigenvalue weighted by molar-refractivity contribution is -0.173. The van der Waals surface area contributed by atoms with Crippen molar-refractivity contribution in [1.29, 1.82) is 0 Å². The van der Waals surface area contributed by atoms with E-state index in [1.165, 1.54) is 5.32 Å². The molecule has 1 aliphatic rings. The van der Waals surface area contributed by atoms with E-state index in [1.807, 2.05) is 13.8 Å². The Hall–Kier alpha value is -0.500. The summed E-state index contributed by atoms with van der Waals surface area (Å²) in [5.41, 5.74) is 0. The summed E-state index contributed by atoms with van der Waals surface area (Å²) >= 11 is 0. The topological polar surface area (TPSA) is 24.1 Å². The van der Waals surface area contributed by atoms with E-state index in [1.54, 1.807) is 5.32 Å². The summed E-state index contributed by atoms with van der Waals surface area (Å²) in [5, 5.41) is 3.25. The van der Waals surface area contributed by atoms with Gasteiger partial charge in [-0.2, -0.15) is 26.3 Å². The zero-order valence-electron chi connectivity index (χ0n) is 9.00. The molecule has 1 fully saturated rings. The van der Waals surface area contributed by atoms with Crippen molar-refractivity contribution in [1.82, 2.24) is 10.6 Å². The Bertz CT molecular complexity index is 212. The lowest BCUT2D eigenvalue weighted by Gasteiger charge is -2.18. The molecule has 3 unspecified atom stereocenters. The Morgan fingerprint density at radius 3 is 1.44 bits per heavy atom. The third-order valence-electron chi connectivity index (χ3n) is 1.96. The van der Waals surface area contributed by atoms with Crippen molar-refractivity contribution >= 4 is 0 Å². The summed E-state index contributed by atoms with van der Waals surface area (Å²) in [7, 11) is 0. The Morgan fingerprint density at radius 1 is 0.812 bits per heavy atom. The van der Waals surface area contributed by atoms with E-state index in [0.29, 0.717) is 0 Å². The van der Waals surface area contributed by atoms with Crippen LogP contribution in [0.3, 0.4) is 0 Å². The molecule has 0 radical (unpaired) electrons. The van der Waals surface area contributed by atoms with Crippen LogP contribution in [0.4, 0.5) is 26.3 Å². The Kier molecular flexibility index (Phi) is 5.06. The van der Waals surface area contributed by atoms with Gasteiger partial charge in [-0.1, -0.05) is 13.8 Å². The SMILES string of the molecule is CC.CC1NC(C(F)(F)F)NC1C(F)(F)F. The van der Waals surface area contributed by atoms with Crippen LogP contribution in [0.2, 0.25) is 0 Å². The summed E-state index contributed by atoms with van der Waals surface area (Å²) in [5.74, 6) is 0. The second-order valence-electron chi connectivity index (χ2n) is 3.12. The number of halogens is 6. The van der Waals surface area contributed by atoms with E-state index >= 15 is 0 Å². The fourth-order valence-corrected chi connectivity index (χ4v) is 1.30. The average Bonchev–Trinajstić information content (AvgIpc) is 2.49. The summed E-state index contributed by atoms with van der Waals surface area (Å²) in [6, 6.07) is -3.45. The third kappa shape index (κ3) is 3.82. The minimum Gasteiger partial charge on any atom is -0.290 e. The lowest BCUT2D eigenvalue weighted by atomic mass is 10.2. The fourth-order valence-electron chi connectivity index (χ4n) is 1.30. The second kappa shape index (κ2) is 5.22. The summed E-state index contributed by atoms with van der Waals surface area (Å²) in [4.78, 5) is 0. The van der Waals surface area contributed by atoms with Crippen molar-refractivity contribution in [3.05, 3.63) is 0 Å². The molecule has 0 bridgehead atoms. The van der Waals surface area contributed by atoms with Gasteiger partial charge in [0, 0.05) is 6.04 Å². The Labute approximate surface area is 89.4 Å². The smallest absolute Gasteiger partial charge is 0.290 e. The van der Waals surface area contributed by atoms with Crippen LogP contribution in [-0.2, 0) is 0 Å². The second-order valence-corrected chi connectivity index (χ2v) is 3.12. The van der Waals surface area contributed by atoms with Crippen LogP contribution < -0.4 is 10.6 Å². The third-order valence-corrected chi connectivity index (χ3v) is 1.96. The molecule has 8 heteroatoms. The first-order valence-corrected chi connectivity index (χ1v) is 4.78. The summed E-state index contributed by atoms with van der Waals surface area (Å²) < 4.78 is 72.3. The average molecular weight is 252 g/mol. The van der Waals surface area contributed by atoms with Crippen LogP contribution >= 0.6 is 0 Å². The van der Waals surface area contributed by atoms with Crippen LogP contribution in [0.5, 0.6) is 0 Å². The van der Waals surface area contributed by atoms with Crippen LogP contribution in [0.1, 0.15) is 20.8 Å². The zero-order chi connectivity index (χ0) is 13.1. The predicted octanol–water partition coefficient (Wildman–Crippen LogP) is 2.41. The number of rotatable bonds is 0. The highest BCUT2D eigenvalue weighted by molar-refractivity contribution is 4.97. The van der Waals surface area contributed by atoms with Crippen LogP contribution in [0.15, 0.2) is 0 Å². The van der Waals surface area contributed by atoms with E-state index < -0.39 is 30.6 Å². The molecule has 2 nitrogen and oxygen atoms in total. The molecule has 0 saturated carbocycles. The first-order valence-electron chi connectivity index (χ1n) is 4.78. The first kappa shape index (κ1) is 15.5. The van der Waals surface area contributed by atoms with E-state index in [0.717, 1.165) is 6.92 Å². The van der Waals surface area contributed by atoms with Gasteiger partial charge in [-0.3, -0.25) is 10.6 Å². The molecule has 0 aliphatic carbocycles. The monoisotopic (exact) mass is 252 g/mol. The van der Waals surface area contributed by atoms with Crippen molar-refractivity contribution in [2.24, 2.45) is 0 Å². The number of nitrogens with one attached hydrogen (secondary N) is 2. The molecule has 0 amide bonds. The van der Waals surface area contributed by atoms with E-state index in [4.69, 9.17) is 0 Å². The Morgan fingerprint density at radius 2 is 1.25 bits per heavy atom. The van der Waals surface area contributed by atoms with E-state index in [9.17, 15) is 26.3 Å². The van der Waals surface area contributed by atoms with Crippen LogP contribution in [0, 0.1) is 0 Å². The predicted molar refractivity (Wildman–Crippen MR) is 46.8 cm³/mol. The molecule has 0 aromatic heterocycles. The van der Waals surface area contributed by atoms with Gasteiger partial charge in [-0.15, -0.1) is 0 Å². The lowest BCUT2D eigenvalue weighted by Crippen LogP contribution is -2.49. The maximum absolute atomic E-state index is 12.1. The van der Waals surface area contributed by atoms with Crippen molar-refractivity contribution in [3.8, 4) is 0 Å². The molecule has 3 atom stereocenters. The zero-order valence-corrected chi connectivity index (χ0v) is 9.00. The maximum atomic E-state index is 12.1. The van der Waals surface area contributed by atoms with Crippen molar-refractivity contribution in [3.63, 3.8) is 0 Å². The number of hydrogen-bond donors (Lipinski definition) is 2. The molecule has 2 N–H and O–H groups in total. The molecule has 1 saturated heterocycles. The molecule has 0 aromatic rings. The molecule has 98 valence electrons. The van der Waals surface area contributed by atoms with Gasteiger partial charge < -0.3 is 0 Å². The molecular formula is C8H14F6N2. The molecule has 0 aromatic carbocycles. The molecule has 16 heavy (non-hydrogen) atoms. The van der Waals surface area contributed by atoms with Gasteiger partial charge in [0.15, 0.2) is 6.17 Å². The molecular weight excluding hydrogens is 238 g/mol. The van der Waals surface area contributed by atoms with Gasteiger partial charge in [-0.25, -0.2) is 0 Å². The molecule has 1 heterocycles. The fraction of sp³-hybridized carbons (Fsp3) is 1.00. The van der Waals surface area contributed by atoms with E-state index in [2.05, 4.69) is 0 Å². The highest BCUT2D eigenvalue weighted by atomic mass is 19.4. The van der Waals surface area contributed by atoms with Crippen molar-refractivity contribution in [2.45, 2.75) is 51.4 Å². The van der Waals surface area contributed by atoms with Gasteiger partial charge in [0.1, 0.15) is 6.04 Å². The standard InChI is InChI=1S/C6H8F6N2.C2H6/c1-2-3(5(7,8)9)14-4(13-2)6(10,11)12;1-2/h2-4,13-14H,1H3;1-2H3. The van der Waals surface area contributed by atoms with E-state index in [-0.39, 0.29) is 0 Å². The van der Waals surface area contributed by atoms with Gasteiger partial charge in [0.25, 0.3) is 0 Å². The first-order chi connectivity index (χ1) is 7.12. The molecule has 1 aliphatic heterocycles. The Balaban J connectivity index is 0.00000106. The normalized spacial score (nSPS) is 30.9. The summed E-state index contributed by atoms with van der Waals surface area (Å²) in [6.45, 7) is 5.05. The molecule has 1 rings (SSSR count). The minimum absolute atomic E-state index is 1.05. The quantitative estimate of drug-likeness (QED) is 0.647. The maximum Gasteiger partial charge on any atom is 0.417 e. The number of alkyl halides is 6. The van der Waals surface area contributed by atoms with Gasteiger partial charge in [0.05, 0.1) is 0 Å². The van der Waals surface area contributed by atoms with Crippen LogP contribution in [-0.4, -0.2) is 30.6 Å². The summed E-state index contributed by atoms with van der Waals surface area (Å²) in [6.07, 6.45) is -11.7. The minimum atomic E-state index is -4.71. The number of hydrogen-bond acceptors (Lipinski definition) is 2. The van der Waals surface area contributed by atoms with Crippen molar-refractivity contribution < 1.29 is 26.3 Å². The highest BCUT2D eigenvalue weighted by Gasteiger charge is 2.54. The van der Waals surface area contributed by atoms with Gasteiger partial charge in [0.2, 0.25) is 0 Å². The van der Waals surface area contributed by atoms with Crippen LogP contribution in [0.25, 0.3) is 0 Å². The largest absolute Gasteiger partial charge is 0.417 e. The van der Waals surface area contributed by atoms with Gasteiger partial charge in [-0.05, 0) is 6.92 Å². The highest BCUT2D eigenvalue weighted by Crippen LogP contribution is 2.30. The molecule has 0 spiro atoms.